The maximum absolute atomic E-state index is 12.9. The summed E-state index contributed by atoms with van der Waals surface area (Å²) >= 11 is 0. The highest BCUT2D eigenvalue weighted by Gasteiger charge is 2.30. The Hall–Kier alpha value is -3.95. The molecule has 4 rings (SSSR count). The van der Waals surface area contributed by atoms with Crippen molar-refractivity contribution in [2.75, 3.05) is 5.32 Å². The predicted octanol–water partition coefficient (Wildman–Crippen LogP) is 4.14. The molecule has 0 radical (unpaired) electrons. The molecule has 0 unspecified atom stereocenters. The number of rotatable bonds is 4. The smallest absolute Gasteiger partial charge is 0.306 e. The van der Waals surface area contributed by atoms with Gasteiger partial charge in [-0.1, -0.05) is 12.1 Å². The van der Waals surface area contributed by atoms with Gasteiger partial charge in [-0.15, -0.1) is 0 Å². The average molecular weight is 412 g/mol. The van der Waals surface area contributed by atoms with E-state index in [-0.39, 0.29) is 5.82 Å². The second-order valence-corrected chi connectivity index (χ2v) is 6.53. The molecule has 1 aromatic carbocycles. The standard InChI is InChI=1S/C20H15F3N6O/c1-29-11-14(9-26-29)18-16(10-25-28-18)19(30)27-17-6-5-13(8-24-17)12-3-2-4-15(7-12)20(21,22)23/h2-11H,1H3,(H,25,28)(H,24,27,30). The van der Waals surface area contributed by atoms with Gasteiger partial charge < -0.3 is 5.32 Å². The number of anilines is 1. The first-order chi connectivity index (χ1) is 14.3. The minimum atomic E-state index is -4.42. The van der Waals surface area contributed by atoms with Crippen LogP contribution in [0.4, 0.5) is 19.0 Å². The SMILES string of the molecule is Cn1cc(-c2[nH]ncc2C(=O)Nc2ccc(-c3cccc(C(F)(F)F)c3)cn2)cn1. The maximum Gasteiger partial charge on any atom is 0.416 e. The molecule has 0 aliphatic rings. The van der Waals surface area contributed by atoms with Gasteiger partial charge in [0.2, 0.25) is 0 Å². The van der Waals surface area contributed by atoms with Gasteiger partial charge in [-0.2, -0.15) is 23.4 Å². The molecule has 3 heterocycles. The van der Waals surface area contributed by atoms with E-state index >= 15 is 0 Å². The second kappa shape index (κ2) is 7.47. The van der Waals surface area contributed by atoms with Crippen LogP contribution < -0.4 is 5.32 Å². The summed E-state index contributed by atoms with van der Waals surface area (Å²) in [7, 11) is 1.76. The van der Waals surface area contributed by atoms with Crippen LogP contribution in [-0.4, -0.2) is 30.9 Å². The van der Waals surface area contributed by atoms with Gasteiger partial charge in [-0.3, -0.25) is 14.6 Å². The third kappa shape index (κ3) is 3.93. The molecule has 0 fully saturated rings. The van der Waals surface area contributed by atoms with Crippen molar-refractivity contribution < 1.29 is 18.0 Å². The second-order valence-electron chi connectivity index (χ2n) is 6.53. The number of carbonyl (C=O) groups is 1. The summed E-state index contributed by atoms with van der Waals surface area (Å²) in [6, 6.07) is 8.09. The highest BCUT2D eigenvalue weighted by Crippen LogP contribution is 2.32. The van der Waals surface area contributed by atoms with E-state index in [4.69, 9.17) is 0 Å². The fourth-order valence-corrected chi connectivity index (χ4v) is 2.93. The Kier molecular flexibility index (Phi) is 4.82. The Labute approximate surface area is 168 Å². The van der Waals surface area contributed by atoms with Crippen LogP contribution in [0, 0.1) is 0 Å². The Balaban J connectivity index is 1.52. The molecule has 0 bridgehead atoms. The molecular formula is C20H15F3N6O. The first kappa shape index (κ1) is 19.4. The van der Waals surface area contributed by atoms with E-state index in [0.717, 1.165) is 12.1 Å². The zero-order valence-corrected chi connectivity index (χ0v) is 15.6. The van der Waals surface area contributed by atoms with Crippen LogP contribution in [0.2, 0.25) is 0 Å². The van der Waals surface area contributed by atoms with Crippen molar-refractivity contribution in [1.82, 2.24) is 25.0 Å². The number of aryl methyl sites for hydroxylation is 1. The lowest BCUT2D eigenvalue weighted by atomic mass is 10.0. The van der Waals surface area contributed by atoms with E-state index in [9.17, 15) is 18.0 Å². The zero-order chi connectivity index (χ0) is 21.3. The third-order valence-corrected chi connectivity index (χ3v) is 4.41. The number of aromatic amines is 1. The van der Waals surface area contributed by atoms with Crippen LogP contribution in [0.3, 0.4) is 0 Å². The Morgan fingerprint density at radius 1 is 1.07 bits per heavy atom. The number of nitrogens with one attached hydrogen (secondary N) is 2. The van der Waals surface area contributed by atoms with Crippen LogP contribution in [0.5, 0.6) is 0 Å². The van der Waals surface area contributed by atoms with Crippen molar-refractivity contribution in [3.63, 3.8) is 0 Å². The number of amides is 1. The number of aromatic nitrogens is 5. The molecule has 0 atom stereocenters. The first-order valence-corrected chi connectivity index (χ1v) is 8.79. The molecule has 0 spiro atoms. The number of H-pyrrole nitrogens is 1. The number of hydrogen-bond acceptors (Lipinski definition) is 4. The molecule has 152 valence electrons. The normalized spacial score (nSPS) is 11.5. The van der Waals surface area contributed by atoms with Gasteiger partial charge in [0.05, 0.1) is 29.2 Å². The molecule has 4 aromatic rings. The number of halogens is 3. The third-order valence-electron chi connectivity index (χ3n) is 4.41. The molecule has 2 N–H and O–H groups in total. The van der Waals surface area contributed by atoms with Crippen LogP contribution in [0.15, 0.2) is 61.2 Å². The van der Waals surface area contributed by atoms with Gasteiger partial charge in [-0.25, -0.2) is 4.98 Å². The number of hydrogen-bond donors (Lipinski definition) is 2. The monoisotopic (exact) mass is 412 g/mol. The van der Waals surface area contributed by atoms with Gasteiger partial charge in [0.15, 0.2) is 0 Å². The first-order valence-electron chi connectivity index (χ1n) is 8.79. The van der Waals surface area contributed by atoms with Crippen LogP contribution in [-0.2, 0) is 13.2 Å². The van der Waals surface area contributed by atoms with E-state index in [2.05, 4.69) is 25.6 Å². The molecule has 7 nitrogen and oxygen atoms in total. The fourth-order valence-electron chi connectivity index (χ4n) is 2.93. The predicted molar refractivity (Wildman–Crippen MR) is 103 cm³/mol. The van der Waals surface area contributed by atoms with Crippen molar-refractivity contribution in [2.45, 2.75) is 6.18 Å². The lowest BCUT2D eigenvalue weighted by Gasteiger charge is -2.09. The summed E-state index contributed by atoms with van der Waals surface area (Å²) in [5.41, 5.74) is 1.67. The van der Waals surface area contributed by atoms with Gasteiger partial charge >= 0.3 is 6.18 Å². The van der Waals surface area contributed by atoms with Crippen LogP contribution in [0.25, 0.3) is 22.4 Å². The van der Waals surface area contributed by atoms with Gasteiger partial charge in [0.25, 0.3) is 5.91 Å². The minimum absolute atomic E-state index is 0.258. The highest BCUT2D eigenvalue weighted by molar-refractivity contribution is 6.07. The molecule has 0 aliphatic heterocycles. The topological polar surface area (TPSA) is 88.5 Å². The average Bonchev–Trinajstić information content (AvgIpc) is 3.37. The summed E-state index contributed by atoms with van der Waals surface area (Å²) in [6.45, 7) is 0. The van der Waals surface area contributed by atoms with Crippen molar-refractivity contribution in [3.8, 4) is 22.4 Å². The van der Waals surface area contributed by atoms with E-state index in [1.807, 2.05) is 0 Å². The van der Waals surface area contributed by atoms with Crippen molar-refractivity contribution in [2.24, 2.45) is 7.05 Å². The molecule has 1 amide bonds. The maximum atomic E-state index is 12.9. The van der Waals surface area contributed by atoms with Crippen molar-refractivity contribution in [3.05, 3.63) is 72.3 Å². The van der Waals surface area contributed by atoms with Crippen LogP contribution in [0.1, 0.15) is 15.9 Å². The summed E-state index contributed by atoms with van der Waals surface area (Å²) < 4.78 is 40.3. The van der Waals surface area contributed by atoms with Crippen LogP contribution >= 0.6 is 0 Å². The molecule has 0 aliphatic carbocycles. The lowest BCUT2D eigenvalue weighted by Crippen LogP contribution is -2.13. The molecule has 0 saturated carbocycles. The summed E-state index contributed by atoms with van der Waals surface area (Å²) in [6.07, 6.45) is 1.73. The fraction of sp³-hybridized carbons (Fsp3) is 0.100. The van der Waals surface area contributed by atoms with E-state index < -0.39 is 17.6 Å². The van der Waals surface area contributed by atoms with E-state index in [1.54, 1.807) is 36.3 Å². The number of nitrogens with zero attached hydrogens (tertiary/aromatic N) is 4. The van der Waals surface area contributed by atoms with Gasteiger partial charge in [0, 0.05) is 30.6 Å². The van der Waals surface area contributed by atoms with Gasteiger partial charge in [-0.05, 0) is 29.8 Å². The molecular weight excluding hydrogens is 397 g/mol. The van der Waals surface area contributed by atoms with Crippen molar-refractivity contribution in [1.29, 1.82) is 0 Å². The molecule has 30 heavy (non-hydrogen) atoms. The molecule has 10 heteroatoms. The molecule has 3 aromatic heterocycles. The molecule has 0 saturated heterocycles. The Bertz CT molecular complexity index is 1190. The number of benzene rings is 1. The number of pyridine rings is 1. The Morgan fingerprint density at radius 3 is 2.57 bits per heavy atom. The van der Waals surface area contributed by atoms with E-state index in [1.165, 1.54) is 24.5 Å². The Morgan fingerprint density at radius 2 is 1.90 bits per heavy atom. The van der Waals surface area contributed by atoms with E-state index in [0.29, 0.717) is 27.9 Å². The van der Waals surface area contributed by atoms with Crippen molar-refractivity contribution >= 4 is 11.7 Å². The largest absolute Gasteiger partial charge is 0.416 e. The summed E-state index contributed by atoms with van der Waals surface area (Å²) in [5.74, 6) is -0.170. The summed E-state index contributed by atoms with van der Waals surface area (Å²) in [4.78, 5) is 16.8. The quantitative estimate of drug-likeness (QED) is 0.527. The number of alkyl halides is 3. The lowest BCUT2D eigenvalue weighted by molar-refractivity contribution is -0.137. The zero-order valence-electron chi connectivity index (χ0n) is 15.6. The summed E-state index contributed by atoms with van der Waals surface area (Å²) in [5, 5.41) is 13.4. The van der Waals surface area contributed by atoms with Gasteiger partial charge in [0.1, 0.15) is 5.82 Å². The highest BCUT2D eigenvalue weighted by atomic mass is 19.4. The number of carbonyl (C=O) groups excluding carboxylic acids is 1. The minimum Gasteiger partial charge on any atom is -0.306 e.